The van der Waals surface area contributed by atoms with E-state index in [1.807, 2.05) is 11.3 Å². The number of rotatable bonds is 5. The van der Waals surface area contributed by atoms with E-state index < -0.39 is 0 Å². The number of nitrogens with two attached hydrogens (primary N) is 1. The first kappa shape index (κ1) is 14.9. The number of aryl methyl sites for hydroxylation is 1. The lowest BCUT2D eigenvalue weighted by Crippen LogP contribution is -2.58. The van der Waals surface area contributed by atoms with E-state index in [-0.39, 0.29) is 11.6 Å². The molecule has 1 saturated heterocycles. The van der Waals surface area contributed by atoms with Gasteiger partial charge in [-0.1, -0.05) is 6.92 Å². The van der Waals surface area contributed by atoms with Gasteiger partial charge in [-0.2, -0.15) is 0 Å². The second kappa shape index (κ2) is 6.33. The fourth-order valence-corrected chi connectivity index (χ4v) is 3.94. The molecule has 5 heteroatoms. The lowest BCUT2D eigenvalue weighted by Gasteiger charge is -2.47. The maximum atomic E-state index is 5.88. The lowest BCUT2D eigenvalue weighted by molar-refractivity contribution is -0.0324. The zero-order valence-corrected chi connectivity index (χ0v) is 12.9. The van der Waals surface area contributed by atoms with Gasteiger partial charge in [-0.15, -0.1) is 11.3 Å². The first-order valence-corrected chi connectivity index (χ1v) is 7.78. The van der Waals surface area contributed by atoms with Crippen LogP contribution in [0.2, 0.25) is 0 Å². The molecule has 1 fully saturated rings. The van der Waals surface area contributed by atoms with Crippen LogP contribution in [0.1, 0.15) is 36.1 Å². The van der Waals surface area contributed by atoms with Crippen LogP contribution in [0, 0.1) is 6.92 Å². The molecule has 0 aromatic carbocycles. The Morgan fingerprint density at radius 2 is 2.16 bits per heavy atom. The van der Waals surface area contributed by atoms with Crippen molar-refractivity contribution in [2.24, 2.45) is 5.84 Å². The van der Waals surface area contributed by atoms with Crippen molar-refractivity contribution in [3.05, 3.63) is 21.9 Å². The summed E-state index contributed by atoms with van der Waals surface area (Å²) in [7, 11) is 0. The van der Waals surface area contributed by atoms with Crippen LogP contribution in [0.15, 0.2) is 12.1 Å². The quantitative estimate of drug-likeness (QED) is 0.641. The molecule has 2 heterocycles. The fraction of sp³-hybridized carbons (Fsp3) is 0.714. The van der Waals surface area contributed by atoms with Crippen molar-refractivity contribution in [2.75, 3.05) is 26.3 Å². The molecule has 4 nitrogen and oxygen atoms in total. The molecule has 0 radical (unpaired) electrons. The van der Waals surface area contributed by atoms with Gasteiger partial charge in [0.05, 0.1) is 19.3 Å². The summed E-state index contributed by atoms with van der Waals surface area (Å²) in [6, 6.07) is 4.52. The van der Waals surface area contributed by atoms with E-state index in [9.17, 15) is 0 Å². The van der Waals surface area contributed by atoms with Crippen LogP contribution in [0.5, 0.6) is 0 Å². The number of nitrogens with zero attached hydrogens (tertiary/aromatic N) is 1. The molecule has 108 valence electrons. The normalized spacial score (nSPS) is 22.1. The molecule has 2 unspecified atom stereocenters. The van der Waals surface area contributed by atoms with E-state index in [0.29, 0.717) is 0 Å². The molecule has 2 rings (SSSR count). The molecule has 2 atom stereocenters. The minimum atomic E-state index is 0.0236. The van der Waals surface area contributed by atoms with Crippen molar-refractivity contribution in [3.8, 4) is 0 Å². The van der Waals surface area contributed by atoms with Crippen molar-refractivity contribution >= 4 is 11.3 Å². The van der Waals surface area contributed by atoms with Crippen molar-refractivity contribution in [3.63, 3.8) is 0 Å². The summed E-state index contributed by atoms with van der Waals surface area (Å²) in [5.74, 6) is 5.88. The van der Waals surface area contributed by atoms with Crippen LogP contribution < -0.4 is 11.3 Å². The Hall–Kier alpha value is -0.460. The van der Waals surface area contributed by atoms with Crippen LogP contribution in [-0.2, 0) is 4.74 Å². The van der Waals surface area contributed by atoms with Gasteiger partial charge in [0.15, 0.2) is 0 Å². The summed E-state index contributed by atoms with van der Waals surface area (Å²) in [5.41, 5.74) is 3.07. The predicted octanol–water partition coefficient (Wildman–Crippen LogP) is 2.06. The number of thiophene rings is 1. The maximum absolute atomic E-state index is 5.88. The molecule has 19 heavy (non-hydrogen) atoms. The summed E-state index contributed by atoms with van der Waals surface area (Å²) in [6.45, 7) is 10.3. The van der Waals surface area contributed by atoms with Gasteiger partial charge < -0.3 is 4.74 Å². The number of hydrogen-bond donors (Lipinski definition) is 2. The predicted molar refractivity (Wildman–Crippen MR) is 80.2 cm³/mol. The van der Waals surface area contributed by atoms with E-state index >= 15 is 0 Å². The molecular formula is C14H25N3OS. The van der Waals surface area contributed by atoms with Gasteiger partial charge in [-0.05, 0) is 32.4 Å². The van der Waals surface area contributed by atoms with Gasteiger partial charge in [-0.3, -0.25) is 16.2 Å². The van der Waals surface area contributed by atoms with Gasteiger partial charge in [0.2, 0.25) is 0 Å². The number of ether oxygens (including phenoxy) is 1. The highest BCUT2D eigenvalue weighted by molar-refractivity contribution is 7.12. The Bertz CT molecular complexity index is 403. The van der Waals surface area contributed by atoms with E-state index in [1.165, 1.54) is 9.75 Å². The van der Waals surface area contributed by atoms with E-state index in [4.69, 9.17) is 10.6 Å². The molecule has 0 bridgehead atoms. The van der Waals surface area contributed by atoms with Crippen molar-refractivity contribution in [1.82, 2.24) is 10.3 Å². The molecule has 1 aromatic rings. The Balaban J connectivity index is 2.25. The summed E-state index contributed by atoms with van der Waals surface area (Å²) in [4.78, 5) is 5.15. The Kier molecular flexibility index (Phi) is 4.97. The number of hydrazine groups is 1. The molecule has 1 aliphatic rings. The Labute approximate surface area is 119 Å². The van der Waals surface area contributed by atoms with Gasteiger partial charge in [-0.25, -0.2) is 0 Å². The molecule has 1 aromatic heterocycles. The van der Waals surface area contributed by atoms with Crippen molar-refractivity contribution < 1.29 is 4.74 Å². The highest BCUT2D eigenvalue weighted by Gasteiger charge is 2.39. The summed E-state index contributed by atoms with van der Waals surface area (Å²) < 4.78 is 5.47. The van der Waals surface area contributed by atoms with Gasteiger partial charge in [0.1, 0.15) is 0 Å². The van der Waals surface area contributed by atoms with Gasteiger partial charge in [0, 0.05) is 28.4 Å². The molecule has 1 aliphatic heterocycles. The van der Waals surface area contributed by atoms with Crippen molar-refractivity contribution in [1.29, 1.82) is 0 Å². The molecule has 0 amide bonds. The highest BCUT2D eigenvalue weighted by Crippen LogP contribution is 2.37. The summed E-state index contributed by atoms with van der Waals surface area (Å²) >= 11 is 1.83. The van der Waals surface area contributed by atoms with Gasteiger partial charge in [0.25, 0.3) is 0 Å². The van der Waals surface area contributed by atoms with Crippen LogP contribution in [0.3, 0.4) is 0 Å². The van der Waals surface area contributed by atoms with Crippen LogP contribution in [0.25, 0.3) is 0 Å². The van der Waals surface area contributed by atoms with Crippen LogP contribution in [0.4, 0.5) is 0 Å². The van der Waals surface area contributed by atoms with Crippen molar-refractivity contribution in [2.45, 2.75) is 38.8 Å². The number of hydrogen-bond acceptors (Lipinski definition) is 5. The molecule has 0 saturated carbocycles. The summed E-state index contributed by atoms with van der Waals surface area (Å²) in [6.07, 6.45) is 1.05. The third-order valence-corrected chi connectivity index (χ3v) is 5.35. The maximum Gasteiger partial charge on any atom is 0.0734 e. The molecule has 0 aliphatic carbocycles. The molecule has 0 spiro atoms. The summed E-state index contributed by atoms with van der Waals surface area (Å²) in [5, 5.41) is 0. The van der Waals surface area contributed by atoms with Crippen LogP contribution in [-0.4, -0.2) is 36.7 Å². The standard InChI is InChI=1S/C14H25N3OS/c1-4-14(3,17-7-9-18-10-8-17)13(16-15)12-6-5-11(2)19-12/h5-6,13,16H,4,7-10,15H2,1-3H3. The number of nitrogens with one attached hydrogen (secondary N) is 1. The average molecular weight is 283 g/mol. The molecular weight excluding hydrogens is 258 g/mol. The SMILES string of the molecule is CCC(C)(C(NN)c1ccc(C)s1)N1CCOCC1. The monoisotopic (exact) mass is 283 g/mol. The lowest BCUT2D eigenvalue weighted by atomic mass is 9.86. The molecule has 3 N–H and O–H groups in total. The first-order valence-electron chi connectivity index (χ1n) is 6.97. The third kappa shape index (κ3) is 3.01. The smallest absolute Gasteiger partial charge is 0.0734 e. The fourth-order valence-electron chi connectivity index (χ4n) is 2.86. The van der Waals surface area contributed by atoms with E-state index in [1.54, 1.807) is 0 Å². The minimum Gasteiger partial charge on any atom is -0.379 e. The average Bonchev–Trinajstić information content (AvgIpc) is 2.86. The van der Waals surface area contributed by atoms with E-state index in [0.717, 1.165) is 32.7 Å². The Morgan fingerprint density at radius 3 is 2.63 bits per heavy atom. The second-order valence-electron chi connectivity index (χ2n) is 5.36. The zero-order chi connectivity index (χ0) is 13.9. The minimum absolute atomic E-state index is 0.0236. The zero-order valence-electron chi connectivity index (χ0n) is 12.1. The Morgan fingerprint density at radius 1 is 1.47 bits per heavy atom. The highest BCUT2D eigenvalue weighted by atomic mass is 32.1. The van der Waals surface area contributed by atoms with E-state index in [2.05, 4.69) is 43.2 Å². The topological polar surface area (TPSA) is 50.5 Å². The van der Waals surface area contributed by atoms with Gasteiger partial charge >= 0.3 is 0 Å². The first-order chi connectivity index (χ1) is 9.11. The third-order valence-electron chi connectivity index (χ3n) is 4.28. The van der Waals surface area contributed by atoms with Crippen LogP contribution >= 0.6 is 11.3 Å². The number of morpholine rings is 1. The second-order valence-corrected chi connectivity index (χ2v) is 6.68. The largest absolute Gasteiger partial charge is 0.379 e.